The molecule has 104 valence electrons. The molecule has 0 saturated carbocycles. The molecule has 0 bridgehead atoms. The summed E-state index contributed by atoms with van der Waals surface area (Å²) in [5, 5.41) is 8.03. The Morgan fingerprint density at radius 3 is 2.84 bits per heavy atom. The van der Waals surface area contributed by atoms with E-state index in [1.165, 1.54) is 0 Å². The number of hydrogen-bond acceptors (Lipinski definition) is 2. The molecule has 0 unspecified atom stereocenters. The van der Waals surface area contributed by atoms with Gasteiger partial charge in [-0.05, 0) is 6.92 Å². The SMILES string of the molecule is CC#CCNC(=O)Nc1nn(CC(F)(F)F)cc1Cl. The van der Waals surface area contributed by atoms with Gasteiger partial charge in [-0.2, -0.15) is 18.3 Å². The van der Waals surface area contributed by atoms with Crippen LogP contribution >= 0.6 is 11.6 Å². The van der Waals surface area contributed by atoms with Gasteiger partial charge >= 0.3 is 12.2 Å². The van der Waals surface area contributed by atoms with Gasteiger partial charge in [0.2, 0.25) is 0 Å². The number of carbonyl (C=O) groups excluding carboxylic acids is 1. The van der Waals surface area contributed by atoms with E-state index >= 15 is 0 Å². The van der Waals surface area contributed by atoms with Crippen molar-refractivity contribution in [2.24, 2.45) is 0 Å². The number of halogens is 4. The Labute approximate surface area is 112 Å². The van der Waals surface area contributed by atoms with E-state index in [0.717, 1.165) is 6.20 Å². The summed E-state index contributed by atoms with van der Waals surface area (Å²) < 4.78 is 37.0. The molecule has 0 spiro atoms. The average Bonchev–Trinajstić information content (AvgIpc) is 2.56. The van der Waals surface area contributed by atoms with E-state index in [0.29, 0.717) is 4.68 Å². The van der Waals surface area contributed by atoms with E-state index in [2.05, 4.69) is 27.6 Å². The summed E-state index contributed by atoms with van der Waals surface area (Å²) in [5.41, 5.74) is 0. The molecule has 1 aromatic heterocycles. The van der Waals surface area contributed by atoms with Gasteiger partial charge in [0.05, 0.1) is 6.54 Å². The van der Waals surface area contributed by atoms with Gasteiger partial charge in [0.25, 0.3) is 0 Å². The molecule has 0 aliphatic heterocycles. The van der Waals surface area contributed by atoms with Crippen LogP contribution in [-0.2, 0) is 6.54 Å². The van der Waals surface area contributed by atoms with Crippen molar-refractivity contribution in [3.63, 3.8) is 0 Å². The second-order valence-electron chi connectivity index (χ2n) is 3.37. The maximum atomic E-state index is 12.1. The molecule has 0 aliphatic carbocycles. The Bertz CT molecular complexity index is 515. The molecule has 2 N–H and O–H groups in total. The molecular formula is C10H10ClF3N4O. The molecule has 1 aromatic rings. The Morgan fingerprint density at radius 2 is 2.26 bits per heavy atom. The first-order chi connectivity index (χ1) is 8.81. The van der Waals surface area contributed by atoms with Crippen molar-refractivity contribution in [2.45, 2.75) is 19.6 Å². The normalized spacial score (nSPS) is 10.6. The van der Waals surface area contributed by atoms with E-state index in [1.807, 2.05) is 0 Å². The Hall–Kier alpha value is -1.88. The fourth-order valence-corrected chi connectivity index (χ4v) is 1.31. The topological polar surface area (TPSA) is 59.0 Å². The third-order valence-corrected chi connectivity index (χ3v) is 2.08. The lowest BCUT2D eigenvalue weighted by molar-refractivity contribution is -0.142. The van der Waals surface area contributed by atoms with E-state index in [-0.39, 0.29) is 17.4 Å². The summed E-state index contributed by atoms with van der Waals surface area (Å²) in [4.78, 5) is 11.3. The molecule has 1 rings (SSSR count). The highest BCUT2D eigenvalue weighted by Gasteiger charge is 2.29. The summed E-state index contributed by atoms with van der Waals surface area (Å²) in [7, 11) is 0. The standard InChI is InChI=1S/C10H10ClF3N4O/c1-2-3-4-15-9(19)16-8-7(11)5-18(17-8)6-10(12,13)14/h5H,4,6H2,1H3,(H2,15,16,17,19). The molecule has 2 amide bonds. The van der Waals surface area contributed by atoms with Crippen molar-refractivity contribution in [2.75, 3.05) is 11.9 Å². The second-order valence-corrected chi connectivity index (χ2v) is 3.78. The largest absolute Gasteiger partial charge is 0.408 e. The highest BCUT2D eigenvalue weighted by atomic mass is 35.5. The van der Waals surface area contributed by atoms with Crippen molar-refractivity contribution in [3.05, 3.63) is 11.2 Å². The molecule has 0 radical (unpaired) electrons. The number of nitrogens with zero attached hydrogens (tertiary/aromatic N) is 2. The summed E-state index contributed by atoms with van der Waals surface area (Å²) in [6, 6.07) is -0.651. The van der Waals surface area contributed by atoms with Crippen LogP contribution in [0.1, 0.15) is 6.92 Å². The molecule has 0 aliphatic rings. The lowest BCUT2D eigenvalue weighted by Gasteiger charge is -2.05. The molecule has 19 heavy (non-hydrogen) atoms. The van der Waals surface area contributed by atoms with Gasteiger partial charge in [0.15, 0.2) is 5.82 Å². The number of aromatic nitrogens is 2. The highest BCUT2D eigenvalue weighted by molar-refractivity contribution is 6.33. The number of amides is 2. The molecule has 0 saturated heterocycles. The highest BCUT2D eigenvalue weighted by Crippen LogP contribution is 2.23. The number of carbonyl (C=O) groups is 1. The quantitative estimate of drug-likeness (QED) is 0.840. The third-order valence-electron chi connectivity index (χ3n) is 1.80. The van der Waals surface area contributed by atoms with E-state index in [1.54, 1.807) is 6.92 Å². The van der Waals surface area contributed by atoms with Crippen LogP contribution in [0.4, 0.5) is 23.8 Å². The van der Waals surface area contributed by atoms with E-state index in [9.17, 15) is 18.0 Å². The van der Waals surface area contributed by atoms with Gasteiger partial charge in [-0.15, -0.1) is 5.92 Å². The van der Waals surface area contributed by atoms with Gasteiger partial charge in [0.1, 0.15) is 11.6 Å². The lowest BCUT2D eigenvalue weighted by Crippen LogP contribution is -2.29. The van der Waals surface area contributed by atoms with Crippen LogP contribution in [0.25, 0.3) is 0 Å². The first-order valence-corrected chi connectivity index (χ1v) is 5.44. The van der Waals surface area contributed by atoms with Gasteiger partial charge in [-0.3, -0.25) is 10.00 Å². The number of alkyl halides is 3. The van der Waals surface area contributed by atoms with Crippen LogP contribution in [0.2, 0.25) is 5.02 Å². The van der Waals surface area contributed by atoms with Crippen molar-refractivity contribution < 1.29 is 18.0 Å². The van der Waals surface area contributed by atoms with Gasteiger partial charge in [-0.25, -0.2) is 4.79 Å². The van der Waals surface area contributed by atoms with Crippen LogP contribution in [0.15, 0.2) is 6.20 Å². The first kappa shape index (κ1) is 15.2. The number of hydrogen-bond donors (Lipinski definition) is 2. The van der Waals surface area contributed by atoms with Crippen LogP contribution in [-0.4, -0.2) is 28.5 Å². The van der Waals surface area contributed by atoms with E-state index in [4.69, 9.17) is 11.6 Å². The van der Waals surface area contributed by atoms with Crippen molar-refractivity contribution in [1.82, 2.24) is 15.1 Å². The molecule has 5 nitrogen and oxygen atoms in total. The smallest absolute Gasteiger partial charge is 0.327 e. The van der Waals surface area contributed by atoms with Gasteiger partial charge in [0, 0.05) is 6.20 Å². The summed E-state index contributed by atoms with van der Waals surface area (Å²) in [6.45, 7) is 0.440. The van der Waals surface area contributed by atoms with Crippen molar-refractivity contribution in [3.8, 4) is 11.8 Å². The van der Waals surface area contributed by atoms with Gasteiger partial charge in [-0.1, -0.05) is 17.5 Å². The lowest BCUT2D eigenvalue weighted by atomic mass is 10.6. The second kappa shape index (κ2) is 6.33. The van der Waals surface area contributed by atoms with Gasteiger partial charge < -0.3 is 5.32 Å². The van der Waals surface area contributed by atoms with E-state index < -0.39 is 18.8 Å². The molecule has 0 aromatic carbocycles. The zero-order valence-corrected chi connectivity index (χ0v) is 10.6. The minimum atomic E-state index is -4.41. The van der Waals surface area contributed by atoms with Crippen molar-refractivity contribution >= 4 is 23.4 Å². The molecule has 0 atom stereocenters. The van der Waals surface area contributed by atoms with Crippen LogP contribution in [0.5, 0.6) is 0 Å². The van der Waals surface area contributed by atoms with Crippen LogP contribution in [0, 0.1) is 11.8 Å². The van der Waals surface area contributed by atoms with Crippen molar-refractivity contribution in [1.29, 1.82) is 0 Å². The zero-order chi connectivity index (χ0) is 14.5. The Balaban J connectivity index is 2.63. The first-order valence-electron chi connectivity index (χ1n) is 5.06. The maximum Gasteiger partial charge on any atom is 0.408 e. The molecular weight excluding hydrogens is 285 g/mol. The number of rotatable bonds is 3. The van der Waals surface area contributed by atoms with Crippen LogP contribution < -0.4 is 10.6 Å². The fraction of sp³-hybridized carbons (Fsp3) is 0.400. The predicted octanol–water partition coefficient (Wildman–Crippen LogP) is 2.24. The predicted molar refractivity (Wildman–Crippen MR) is 63.8 cm³/mol. The summed E-state index contributed by atoms with van der Waals surface area (Å²) >= 11 is 5.66. The molecule has 9 heteroatoms. The number of nitrogens with one attached hydrogen (secondary N) is 2. The Morgan fingerprint density at radius 1 is 1.58 bits per heavy atom. The van der Waals surface area contributed by atoms with Crippen LogP contribution in [0.3, 0.4) is 0 Å². The maximum absolute atomic E-state index is 12.1. The fourth-order valence-electron chi connectivity index (χ4n) is 1.11. The summed E-state index contributed by atoms with van der Waals surface area (Å²) in [5.74, 6) is 5.01. The molecule has 0 fully saturated rings. The molecule has 1 heterocycles. The summed E-state index contributed by atoms with van der Waals surface area (Å²) in [6.07, 6.45) is -3.43. The zero-order valence-electron chi connectivity index (χ0n) is 9.81. The Kier molecular flexibility index (Phi) is 5.06. The average molecular weight is 295 g/mol. The number of urea groups is 1. The number of anilines is 1. The minimum absolute atomic E-state index is 0.0824. The monoisotopic (exact) mass is 294 g/mol. The minimum Gasteiger partial charge on any atom is -0.327 e. The third kappa shape index (κ3) is 5.52.